The van der Waals surface area contributed by atoms with Gasteiger partial charge in [0.15, 0.2) is 17.0 Å². The molecule has 3 heterocycles. The minimum absolute atomic E-state index is 0.0574. The first-order valence-electron chi connectivity index (χ1n) is 5.72. The first-order valence-corrected chi connectivity index (χ1v) is 6.47. The van der Waals surface area contributed by atoms with Crippen molar-refractivity contribution in [2.45, 2.75) is 23.9 Å². The maximum absolute atomic E-state index is 14.4. The molecule has 1 fully saturated rings. The van der Waals surface area contributed by atoms with E-state index >= 15 is 0 Å². The van der Waals surface area contributed by atoms with Gasteiger partial charge in [0.2, 0.25) is 11.1 Å². The number of anilines is 1. The second-order valence-electron chi connectivity index (χ2n) is 4.45. The lowest BCUT2D eigenvalue weighted by Gasteiger charge is -2.20. The molecule has 7 nitrogen and oxygen atoms in total. The van der Waals surface area contributed by atoms with Gasteiger partial charge >= 0.3 is 0 Å². The number of ether oxygens (including phenoxy) is 1. The molecule has 108 valence electrons. The maximum Gasteiger partial charge on any atom is 0.230 e. The lowest BCUT2D eigenvalue weighted by Crippen LogP contribution is -2.24. The molecule has 0 bridgehead atoms. The van der Waals surface area contributed by atoms with E-state index < -0.39 is 17.5 Å². The third-order valence-electron chi connectivity index (χ3n) is 3.03. The Morgan fingerprint density at radius 1 is 1.60 bits per heavy atom. The minimum atomic E-state index is -2.19. The summed E-state index contributed by atoms with van der Waals surface area (Å²) in [6, 6.07) is 0. The van der Waals surface area contributed by atoms with Crippen LogP contribution >= 0.6 is 23.2 Å². The van der Waals surface area contributed by atoms with Gasteiger partial charge in [-0.15, -0.1) is 0 Å². The molecule has 2 aromatic heterocycles. The van der Waals surface area contributed by atoms with Gasteiger partial charge in [0.25, 0.3) is 0 Å². The summed E-state index contributed by atoms with van der Waals surface area (Å²) in [6.07, 6.45) is -0.735. The normalized spacial score (nSPS) is 30.2. The molecule has 3 N–H and O–H groups in total. The third-order valence-corrected chi connectivity index (χ3v) is 3.64. The van der Waals surface area contributed by atoms with Crippen molar-refractivity contribution in [2.24, 2.45) is 0 Å². The van der Waals surface area contributed by atoms with Crippen molar-refractivity contribution in [1.29, 1.82) is 0 Å². The van der Waals surface area contributed by atoms with Crippen molar-refractivity contribution in [1.82, 2.24) is 19.5 Å². The molecule has 10 heteroatoms. The van der Waals surface area contributed by atoms with E-state index in [2.05, 4.69) is 15.0 Å². The summed E-state index contributed by atoms with van der Waals surface area (Å²) in [5, 5.41) is 6.94. The summed E-state index contributed by atoms with van der Waals surface area (Å²) < 4.78 is 21.1. The van der Waals surface area contributed by atoms with Crippen LogP contribution in [-0.2, 0) is 4.74 Å². The Morgan fingerprint density at radius 3 is 3.00 bits per heavy atom. The number of halogens is 3. The SMILES string of the molecule is Nc1nc(Cl)c2ncn([C@@H]3O[C@H](CO)C[C@@]3(F)Cl)c2n1. The molecule has 0 unspecified atom stereocenters. The van der Waals surface area contributed by atoms with E-state index in [0.29, 0.717) is 0 Å². The number of nitrogens with two attached hydrogens (primary N) is 1. The zero-order valence-electron chi connectivity index (χ0n) is 10.0. The van der Waals surface area contributed by atoms with Gasteiger partial charge in [0.1, 0.15) is 5.52 Å². The van der Waals surface area contributed by atoms with Crippen molar-refractivity contribution in [3.05, 3.63) is 11.5 Å². The van der Waals surface area contributed by atoms with Crippen molar-refractivity contribution in [3.8, 4) is 0 Å². The Labute approximate surface area is 122 Å². The topological polar surface area (TPSA) is 99.1 Å². The molecule has 2 aromatic rings. The molecule has 0 amide bonds. The van der Waals surface area contributed by atoms with Crippen LogP contribution in [0.4, 0.5) is 10.3 Å². The van der Waals surface area contributed by atoms with Crippen LogP contribution in [0.15, 0.2) is 6.33 Å². The number of alkyl halides is 2. The van der Waals surface area contributed by atoms with Crippen molar-refractivity contribution in [3.63, 3.8) is 0 Å². The van der Waals surface area contributed by atoms with Crippen molar-refractivity contribution >= 4 is 40.3 Å². The number of rotatable bonds is 2. The predicted octanol–water partition coefficient (Wildman–Crippen LogP) is 1.25. The van der Waals surface area contributed by atoms with Crippen LogP contribution < -0.4 is 5.73 Å². The molecule has 0 spiro atoms. The Bertz CT molecular complexity index is 664. The lowest BCUT2D eigenvalue weighted by atomic mass is 10.2. The second-order valence-corrected chi connectivity index (χ2v) is 5.44. The van der Waals surface area contributed by atoms with Gasteiger partial charge in [-0.2, -0.15) is 9.97 Å². The van der Waals surface area contributed by atoms with E-state index in [1.807, 2.05) is 0 Å². The van der Waals surface area contributed by atoms with Gasteiger partial charge < -0.3 is 15.6 Å². The van der Waals surface area contributed by atoms with Crippen LogP contribution in [0.2, 0.25) is 5.15 Å². The molecule has 3 rings (SSSR count). The van der Waals surface area contributed by atoms with E-state index in [4.69, 9.17) is 38.8 Å². The van der Waals surface area contributed by atoms with Crippen LogP contribution in [0, 0.1) is 0 Å². The first kappa shape index (κ1) is 13.7. The highest BCUT2D eigenvalue weighted by Crippen LogP contribution is 2.45. The standard InChI is InChI=1S/C10H10Cl2FN5O2/c11-6-5-7(17-9(14)16-6)18(3-15-5)8-10(12,13)1-4(2-19)20-8/h3-4,8,19H,1-2H2,(H2,14,16,17)/t4-,8+,10-/m0/s1. The highest BCUT2D eigenvalue weighted by molar-refractivity contribution is 6.33. The fraction of sp³-hybridized carbons (Fsp3) is 0.500. The van der Waals surface area contributed by atoms with Crippen LogP contribution in [-0.4, -0.2) is 42.5 Å². The Hall–Kier alpha value is -1.22. The van der Waals surface area contributed by atoms with Gasteiger partial charge in [0.05, 0.1) is 19.0 Å². The first-order chi connectivity index (χ1) is 9.42. The highest BCUT2D eigenvalue weighted by atomic mass is 35.5. The smallest absolute Gasteiger partial charge is 0.230 e. The Kier molecular flexibility index (Phi) is 3.20. The lowest BCUT2D eigenvalue weighted by molar-refractivity contribution is -0.0423. The summed E-state index contributed by atoms with van der Waals surface area (Å²) >= 11 is 11.7. The molecule has 0 saturated carbocycles. The van der Waals surface area contributed by atoms with Gasteiger partial charge in [-0.25, -0.2) is 9.37 Å². The van der Waals surface area contributed by atoms with E-state index in [-0.39, 0.29) is 35.3 Å². The van der Waals surface area contributed by atoms with E-state index in [1.54, 1.807) is 0 Å². The number of hydrogen-bond acceptors (Lipinski definition) is 6. The maximum atomic E-state index is 14.4. The predicted molar refractivity (Wildman–Crippen MR) is 70.1 cm³/mol. The van der Waals surface area contributed by atoms with Crippen molar-refractivity contribution < 1.29 is 14.2 Å². The minimum Gasteiger partial charge on any atom is -0.394 e. The zero-order valence-corrected chi connectivity index (χ0v) is 11.5. The molecule has 20 heavy (non-hydrogen) atoms. The number of nitrogen functional groups attached to an aromatic ring is 1. The number of aromatic nitrogens is 4. The van der Waals surface area contributed by atoms with E-state index in [0.717, 1.165) is 0 Å². The van der Waals surface area contributed by atoms with Crippen LogP contribution in [0.5, 0.6) is 0 Å². The van der Waals surface area contributed by atoms with E-state index in [9.17, 15) is 4.39 Å². The number of aliphatic hydroxyl groups is 1. The summed E-state index contributed by atoms with van der Waals surface area (Å²) in [6.45, 7) is -0.334. The third kappa shape index (κ3) is 2.08. The molecule has 1 saturated heterocycles. The molecular weight excluding hydrogens is 312 g/mol. The van der Waals surface area contributed by atoms with E-state index in [1.165, 1.54) is 10.9 Å². The quantitative estimate of drug-likeness (QED) is 0.638. The fourth-order valence-corrected chi connectivity index (χ4v) is 2.73. The largest absolute Gasteiger partial charge is 0.394 e. The molecule has 0 aliphatic carbocycles. The van der Waals surface area contributed by atoms with Crippen molar-refractivity contribution in [2.75, 3.05) is 12.3 Å². The molecule has 1 aliphatic rings. The molecule has 0 aromatic carbocycles. The summed E-state index contributed by atoms with van der Waals surface area (Å²) in [5.74, 6) is -0.0695. The Balaban J connectivity index is 2.11. The van der Waals surface area contributed by atoms with Crippen LogP contribution in [0.25, 0.3) is 11.2 Å². The average molecular weight is 322 g/mol. The number of fused-ring (bicyclic) bond motifs is 1. The molecule has 0 radical (unpaired) electrons. The van der Waals surface area contributed by atoms with Crippen LogP contribution in [0.1, 0.15) is 12.6 Å². The number of imidazole rings is 1. The molecule has 3 atom stereocenters. The monoisotopic (exact) mass is 321 g/mol. The summed E-state index contributed by atoms with van der Waals surface area (Å²) in [7, 11) is 0. The summed E-state index contributed by atoms with van der Waals surface area (Å²) in [5.41, 5.74) is 6.00. The number of hydrogen-bond donors (Lipinski definition) is 2. The average Bonchev–Trinajstić information content (AvgIpc) is 2.89. The number of nitrogens with zero attached hydrogens (tertiary/aromatic N) is 4. The van der Waals surface area contributed by atoms with Gasteiger partial charge in [0, 0.05) is 6.42 Å². The van der Waals surface area contributed by atoms with Gasteiger partial charge in [-0.3, -0.25) is 4.57 Å². The fourth-order valence-electron chi connectivity index (χ4n) is 2.18. The molecule has 1 aliphatic heterocycles. The summed E-state index contributed by atoms with van der Waals surface area (Å²) in [4.78, 5) is 11.7. The zero-order chi connectivity index (χ0) is 14.5. The van der Waals surface area contributed by atoms with Gasteiger partial charge in [-0.1, -0.05) is 23.2 Å². The Morgan fingerprint density at radius 2 is 2.35 bits per heavy atom. The highest BCUT2D eigenvalue weighted by Gasteiger charge is 2.49. The molecular formula is C10H10Cl2FN5O2. The van der Waals surface area contributed by atoms with Crippen LogP contribution in [0.3, 0.4) is 0 Å². The second kappa shape index (κ2) is 4.66. The van der Waals surface area contributed by atoms with Gasteiger partial charge in [-0.05, 0) is 0 Å². The number of aliphatic hydroxyl groups excluding tert-OH is 1.